The van der Waals surface area contributed by atoms with Crippen molar-refractivity contribution >= 4 is 54.9 Å². The van der Waals surface area contributed by atoms with E-state index in [1.54, 1.807) is 29.8 Å². The van der Waals surface area contributed by atoms with Crippen LogP contribution in [0.15, 0.2) is 40.5 Å². The van der Waals surface area contributed by atoms with E-state index in [2.05, 4.69) is 15.3 Å². The van der Waals surface area contributed by atoms with E-state index in [0.29, 0.717) is 5.69 Å². The molecule has 158 valence electrons. The molecule has 1 N–H and O–H groups in total. The first kappa shape index (κ1) is 21.2. The van der Waals surface area contributed by atoms with Gasteiger partial charge in [0.1, 0.15) is 16.2 Å². The highest BCUT2D eigenvalue weighted by Gasteiger charge is 2.21. The molecule has 2 heterocycles. The zero-order valence-electron chi connectivity index (χ0n) is 16.7. The Morgan fingerprint density at radius 3 is 2.63 bits per heavy atom. The normalized spacial score (nSPS) is 14.1. The second-order valence-corrected chi connectivity index (χ2v) is 11.4. The molecule has 7 nitrogen and oxygen atoms in total. The smallest absolute Gasteiger partial charge is 0.242 e. The maximum atomic E-state index is 12.4. The fourth-order valence-corrected chi connectivity index (χ4v) is 6.44. The Hall–Kier alpha value is -2.01. The summed E-state index contributed by atoms with van der Waals surface area (Å²) in [7, 11) is -0.522. The Labute approximate surface area is 184 Å². The van der Waals surface area contributed by atoms with E-state index in [-0.39, 0.29) is 16.6 Å². The molecule has 1 aromatic carbocycles. The zero-order valence-corrected chi connectivity index (χ0v) is 19.2. The van der Waals surface area contributed by atoms with Gasteiger partial charge in [0.25, 0.3) is 0 Å². The van der Waals surface area contributed by atoms with Crippen LogP contribution in [0.3, 0.4) is 0 Å². The number of benzene rings is 1. The molecule has 4 rings (SSSR count). The van der Waals surface area contributed by atoms with Crippen molar-refractivity contribution in [2.45, 2.75) is 35.6 Å². The molecular formula is C20H22N4O3S3. The number of aromatic nitrogens is 2. The summed E-state index contributed by atoms with van der Waals surface area (Å²) in [6.07, 6.45) is 6.10. The van der Waals surface area contributed by atoms with Crippen LogP contribution >= 0.6 is 23.1 Å². The molecule has 1 aliphatic carbocycles. The minimum Gasteiger partial charge on any atom is -0.325 e. The first-order valence-electron chi connectivity index (χ1n) is 9.57. The first-order chi connectivity index (χ1) is 14.4. The van der Waals surface area contributed by atoms with Crippen molar-refractivity contribution in [1.82, 2.24) is 14.3 Å². The van der Waals surface area contributed by atoms with Gasteiger partial charge in [-0.25, -0.2) is 22.7 Å². The molecule has 0 spiro atoms. The second kappa shape index (κ2) is 8.62. The first-order valence-corrected chi connectivity index (χ1v) is 12.8. The summed E-state index contributed by atoms with van der Waals surface area (Å²) >= 11 is 3.15. The predicted molar refractivity (Wildman–Crippen MR) is 121 cm³/mol. The fraction of sp³-hybridized carbons (Fsp3) is 0.350. The molecule has 0 saturated heterocycles. The number of anilines is 1. The van der Waals surface area contributed by atoms with Gasteiger partial charge in [-0.15, -0.1) is 11.3 Å². The summed E-state index contributed by atoms with van der Waals surface area (Å²) in [5.74, 6) is 0.0492. The predicted octanol–water partition coefficient (Wildman–Crippen LogP) is 3.55. The Morgan fingerprint density at radius 1 is 1.17 bits per heavy atom. The third-order valence-electron chi connectivity index (χ3n) is 4.97. The molecule has 0 unspecified atom stereocenters. The minimum absolute atomic E-state index is 0.168. The number of hydrogen-bond acceptors (Lipinski definition) is 7. The van der Waals surface area contributed by atoms with Crippen molar-refractivity contribution in [2.24, 2.45) is 0 Å². The number of amides is 1. The van der Waals surface area contributed by atoms with Crippen LogP contribution in [0.25, 0.3) is 10.2 Å². The molecule has 3 aromatic rings. The van der Waals surface area contributed by atoms with Gasteiger partial charge in [-0.05, 0) is 55.5 Å². The highest BCUT2D eigenvalue weighted by atomic mass is 32.2. The Kier molecular flexibility index (Phi) is 6.10. The molecule has 10 heteroatoms. The van der Waals surface area contributed by atoms with Crippen molar-refractivity contribution < 1.29 is 13.2 Å². The largest absolute Gasteiger partial charge is 0.325 e. The van der Waals surface area contributed by atoms with E-state index in [4.69, 9.17) is 0 Å². The number of thiophene rings is 1. The van der Waals surface area contributed by atoms with E-state index in [1.165, 1.54) is 61.3 Å². The summed E-state index contributed by atoms with van der Waals surface area (Å²) in [4.78, 5) is 23.9. The zero-order chi connectivity index (χ0) is 21.3. The number of fused-ring (bicyclic) bond motifs is 3. The molecule has 30 heavy (non-hydrogen) atoms. The lowest BCUT2D eigenvalue weighted by molar-refractivity contribution is -0.113. The summed E-state index contributed by atoms with van der Waals surface area (Å²) in [5.41, 5.74) is 1.90. The average Bonchev–Trinajstić information content (AvgIpc) is 3.12. The molecule has 0 radical (unpaired) electrons. The molecule has 0 bridgehead atoms. The number of aryl methyl sites for hydroxylation is 2. The van der Waals surface area contributed by atoms with Crippen molar-refractivity contribution in [3.05, 3.63) is 41.0 Å². The van der Waals surface area contributed by atoms with Gasteiger partial charge in [-0.1, -0.05) is 11.8 Å². The van der Waals surface area contributed by atoms with Crippen LogP contribution < -0.4 is 5.32 Å². The van der Waals surface area contributed by atoms with Crippen molar-refractivity contribution in [3.8, 4) is 0 Å². The minimum atomic E-state index is -3.49. The number of hydrogen-bond donors (Lipinski definition) is 1. The number of rotatable bonds is 6. The Balaban J connectivity index is 1.44. The van der Waals surface area contributed by atoms with Gasteiger partial charge in [0, 0.05) is 30.0 Å². The standard InChI is InChI=1S/C20H22N4O3S3/c1-24(2)30(26,27)14-9-7-13(8-10-14)23-17(25)11-28-19-18-15-5-3-4-6-16(15)29-20(18)22-12-21-19/h7-10,12H,3-6,11H2,1-2H3,(H,23,25). The van der Waals surface area contributed by atoms with Crippen LogP contribution in [-0.2, 0) is 27.7 Å². The lowest BCUT2D eigenvalue weighted by atomic mass is 9.97. The van der Waals surface area contributed by atoms with Crippen LogP contribution in [0.2, 0.25) is 0 Å². The Morgan fingerprint density at radius 2 is 1.90 bits per heavy atom. The van der Waals surface area contributed by atoms with Crippen LogP contribution in [0, 0.1) is 0 Å². The maximum Gasteiger partial charge on any atom is 0.242 e. The fourth-order valence-electron chi connectivity index (χ4n) is 3.42. The summed E-state index contributed by atoms with van der Waals surface area (Å²) < 4.78 is 25.4. The van der Waals surface area contributed by atoms with Gasteiger partial charge < -0.3 is 5.32 Å². The second-order valence-electron chi connectivity index (χ2n) is 7.22. The highest BCUT2D eigenvalue weighted by Crippen LogP contribution is 2.39. The number of sulfonamides is 1. The van der Waals surface area contributed by atoms with Crippen LogP contribution in [0.4, 0.5) is 5.69 Å². The number of nitrogens with one attached hydrogen (secondary N) is 1. The molecule has 1 amide bonds. The summed E-state index contributed by atoms with van der Waals surface area (Å²) in [6, 6.07) is 6.17. The molecule has 0 atom stereocenters. The third kappa shape index (κ3) is 4.22. The molecular weight excluding hydrogens is 440 g/mol. The van der Waals surface area contributed by atoms with Crippen LogP contribution in [0.5, 0.6) is 0 Å². The van der Waals surface area contributed by atoms with Crippen molar-refractivity contribution in [1.29, 1.82) is 0 Å². The number of carbonyl (C=O) groups excluding carboxylic acids is 1. The van der Waals surface area contributed by atoms with Crippen LogP contribution in [-0.4, -0.2) is 48.4 Å². The molecule has 0 saturated carbocycles. The maximum absolute atomic E-state index is 12.4. The van der Waals surface area contributed by atoms with Gasteiger partial charge in [0.15, 0.2) is 0 Å². The molecule has 0 aliphatic heterocycles. The van der Waals surface area contributed by atoms with Gasteiger partial charge in [0.2, 0.25) is 15.9 Å². The van der Waals surface area contributed by atoms with Gasteiger partial charge in [0.05, 0.1) is 10.6 Å². The highest BCUT2D eigenvalue weighted by molar-refractivity contribution is 8.00. The number of nitrogens with zero attached hydrogens (tertiary/aromatic N) is 3. The van der Waals surface area contributed by atoms with Crippen LogP contribution in [0.1, 0.15) is 23.3 Å². The lowest BCUT2D eigenvalue weighted by Gasteiger charge is -2.12. The SMILES string of the molecule is CN(C)S(=O)(=O)c1ccc(NC(=O)CSc2ncnc3sc4c(c23)CCCC4)cc1. The van der Waals surface area contributed by atoms with E-state index >= 15 is 0 Å². The summed E-state index contributed by atoms with van der Waals surface area (Å²) in [5, 5.41) is 4.77. The molecule has 1 aliphatic rings. The topological polar surface area (TPSA) is 92.3 Å². The van der Waals surface area contributed by atoms with E-state index in [1.807, 2.05) is 0 Å². The lowest BCUT2D eigenvalue weighted by Crippen LogP contribution is -2.22. The summed E-state index contributed by atoms with van der Waals surface area (Å²) in [6.45, 7) is 0. The Bertz CT molecular complexity index is 1190. The molecule has 0 fully saturated rings. The van der Waals surface area contributed by atoms with E-state index < -0.39 is 10.0 Å². The number of thioether (sulfide) groups is 1. The van der Waals surface area contributed by atoms with Gasteiger partial charge >= 0.3 is 0 Å². The van der Waals surface area contributed by atoms with E-state index in [9.17, 15) is 13.2 Å². The van der Waals surface area contributed by atoms with Crippen molar-refractivity contribution in [2.75, 3.05) is 25.2 Å². The molecule has 2 aromatic heterocycles. The quantitative estimate of drug-likeness (QED) is 0.445. The van der Waals surface area contributed by atoms with Gasteiger partial charge in [-0.2, -0.15) is 0 Å². The van der Waals surface area contributed by atoms with E-state index in [0.717, 1.165) is 32.4 Å². The third-order valence-corrected chi connectivity index (χ3v) is 8.99. The van der Waals surface area contributed by atoms with Gasteiger partial charge in [-0.3, -0.25) is 4.79 Å². The average molecular weight is 463 g/mol. The number of carbonyl (C=O) groups is 1. The monoisotopic (exact) mass is 462 g/mol. The van der Waals surface area contributed by atoms with Crippen molar-refractivity contribution in [3.63, 3.8) is 0 Å².